The molecule has 0 atom stereocenters. The summed E-state index contributed by atoms with van der Waals surface area (Å²) in [5.41, 5.74) is 0.600. The van der Waals surface area contributed by atoms with Crippen LogP contribution in [0.2, 0.25) is 0 Å². The molecule has 1 N–H and O–H groups in total. The minimum Gasteiger partial charge on any atom is -0.426 e. The Balaban J connectivity index is 1.60. The van der Waals surface area contributed by atoms with Crippen molar-refractivity contribution < 1.29 is 23.6 Å². The van der Waals surface area contributed by atoms with Crippen molar-refractivity contribution in [2.24, 2.45) is 0 Å². The number of rotatable bonds is 6. The van der Waals surface area contributed by atoms with Crippen molar-refractivity contribution in [2.45, 2.75) is 6.42 Å². The molecule has 3 aromatic rings. The van der Waals surface area contributed by atoms with Crippen LogP contribution in [0.15, 0.2) is 72.8 Å². The van der Waals surface area contributed by atoms with Crippen LogP contribution in [-0.4, -0.2) is 16.8 Å². The van der Waals surface area contributed by atoms with Gasteiger partial charge in [-0.05, 0) is 42.0 Å². The number of halogens is 1. The highest BCUT2D eigenvalue weighted by molar-refractivity contribution is 6.04. The van der Waals surface area contributed by atoms with Gasteiger partial charge >= 0.3 is 5.97 Å². The standard InChI is InChI=1S/C21H15FN2O5/c22-19-7-2-1-4-14(19)13-20(25)29-18-10-8-16(9-11-18)23-21(26)15-5-3-6-17(12-15)24(27)28/h1-12H,13H2,(H,23,26). The van der Waals surface area contributed by atoms with E-state index in [1.165, 1.54) is 66.7 Å². The van der Waals surface area contributed by atoms with Crippen LogP contribution in [0.3, 0.4) is 0 Å². The van der Waals surface area contributed by atoms with E-state index in [2.05, 4.69) is 5.32 Å². The second-order valence-electron chi connectivity index (χ2n) is 6.03. The van der Waals surface area contributed by atoms with Gasteiger partial charge in [-0.2, -0.15) is 0 Å². The number of non-ortho nitro benzene ring substituents is 1. The van der Waals surface area contributed by atoms with Gasteiger partial charge in [0.1, 0.15) is 11.6 Å². The molecular weight excluding hydrogens is 379 g/mol. The first-order valence-electron chi connectivity index (χ1n) is 8.52. The van der Waals surface area contributed by atoms with Gasteiger partial charge in [0, 0.05) is 23.4 Å². The Morgan fingerprint density at radius 2 is 1.72 bits per heavy atom. The predicted molar refractivity (Wildman–Crippen MR) is 103 cm³/mol. The Morgan fingerprint density at radius 3 is 2.41 bits per heavy atom. The summed E-state index contributed by atoms with van der Waals surface area (Å²) in [6.07, 6.45) is -0.210. The fourth-order valence-electron chi connectivity index (χ4n) is 2.54. The third-order valence-corrected chi connectivity index (χ3v) is 3.96. The molecule has 0 radical (unpaired) electrons. The van der Waals surface area contributed by atoms with Crippen LogP contribution >= 0.6 is 0 Å². The number of carbonyl (C=O) groups excluding carboxylic acids is 2. The van der Waals surface area contributed by atoms with Crippen LogP contribution < -0.4 is 10.1 Å². The zero-order valence-electron chi connectivity index (χ0n) is 15.0. The van der Waals surface area contributed by atoms with Gasteiger partial charge in [0.05, 0.1) is 11.3 Å². The SMILES string of the molecule is O=C(Cc1ccccc1F)Oc1ccc(NC(=O)c2cccc([N+](=O)[O-])c2)cc1. The van der Waals surface area contributed by atoms with Crippen molar-refractivity contribution in [1.29, 1.82) is 0 Å². The van der Waals surface area contributed by atoms with Crippen molar-refractivity contribution in [3.63, 3.8) is 0 Å². The molecule has 0 fully saturated rings. The van der Waals surface area contributed by atoms with Crippen molar-refractivity contribution in [3.8, 4) is 5.75 Å². The number of ether oxygens (including phenoxy) is 1. The maximum Gasteiger partial charge on any atom is 0.315 e. The lowest BCUT2D eigenvalue weighted by atomic mass is 10.1. The molecule has 3 aromatic carbocycles. The lowest BCUT2D eigenvalue weighted by molar-refractivity contribution is -0.384. The molecule has 0 heterocycles. The Hall–Kier alpha value is -4.07. The van der Waals surface area contributed by atoms with Crippen LogP contribution in [-0.2, 0) is 11.2 Å². The number of benzene rings is 3. The van der Waals surface area contributed by atoms with E-state index in [4.69, 9.17) is 4.74 Å². The van der Waals surface area contributed by atoms with Crippen LogP contribution in [0.4, 0.5) is 15.8 Å². The first kappa shape index (κ1) is 19.7. The molecule has 7 nitrogen and oxygen atoms in total. The van der Waals surface area contributed by atoms with Crippen LogP contribution in [0.25, 0.3) is 0 Å². The molecule has 0 aliphatic rings. The van der Waals surface area contributed by atoms with E-state index in [9.17, 15) is 24.1 Å². The normalized spacial score (nSPS) is 10.2. The number of nitro benzene ring substituents is 1. The third-order valence-electron chi connectivity index (χ3n) is 3.96. The first-order valence-corrected chi connectivity index (χ1v) is 8.52. The fourth-order valence-corrected chi connectivity index (χ4v) is 2.54. The minimum absolute atomic E-state index is 0.139. The Kier molecular flexibility index (Phi) is 5.94. The average Bonchev–Trinajstić information content (AvgIpc) is 2.71. The van der Waals surface area contributed by atoms with E-state index in [-0.39, 0.29) is 29.0 Å². The van der Waals surface area contributed by atoms with Crippen molar-refractivity contribution in [1.82, 2.24) is 0 Å². The van der Waals surface area contributed by atoms with Gasteiger partial charge in [-0.25, -0.2) is 4.39 Å². The molecule has 0 aliphatic heterocycles. The highest BCUT2D eigenvalue weighted by Crippen LogP contribution is 2.19. The highest BCUT2D eigenvalue weighted by Gasteiger charge is 2.13. The minimum atomic E-state index is -0.622. The quantitative estimate of drug-likeness (QED) is 0.293. The molecule has 0 spiro atoms. The van der Waals surface area contributed by atoms with E-state index < -0.39 is 22.6 Å². The van der Waals surface area contributed by atoms with Crippen LogP contribution in [0.5, 0.6) is 5.75 Å². The number of esters is 1. The van der Waals surface area contributed by atoms with Gasteiger partial charge in [-0.15, -0.1) is 0 Å². The Morgan fingerprint density at radius 1 is 1.00 bits per heavy atom. The summed E-state index contributed by atoms with van der Waals surface area (Å²) in [5, 5.41) is 13.4. The average molecular weight is 394 g/mol. The van der Waals surface area contributed by atoms with E-state index >= 15 is 0 Å². The maximum absolute atomic E-state index is 13.6. The highest BCUT2D eigenvalue weighted by atomic mass is 19.1. The van der Waals surface area contributed by atoms with Crippen molar-refractivity contribution in [3.05, 3.63) is 99.9 Å². The lowest BCUT2D eigenvalue weighted by Gasteiger charge is -2.08. The largest absolute Gasteiger partial charge is 0.426 e. The molecule has 0 aliphatic carbocycles. The number of nitrogens with one attached hydrogen (secondary N) is 1. The van der Waals surface area contributed by atoms with E-state index in [1.807, 2.05) is 0 Å². The number of anilines is 1. The molecule has 1 amide bonds. The van der Waals surface area contributed by atoms with Gasteiger partial charge < -0.3 is 10.1 Å². The second kappa shape index (κ2) is 8.75. The monoisotopic (exact) mass is 394 g/mol. The van der Waals surface area contributed by atoms with E-state index in [1.54, 1.807) is 6.07 Å². The van der Waals surface area contributed by atoms with Crippen molar-refractivity contribution >= 4 is 23.3 Å². The molecule has 0 aromatic heterocycles. The molecule has 146 valence electrons. The number of hydrogen-bond acceptors (Lipinski definition) is 5. The molecular formula is C21H15FN2O5. The van der Waals surface area contributed by atoms with Gasteiger partial charge in [0.15, 0.2) is 0 Å². The molecule has 29 heavy (non-hydrogen) atoms. The van der Waals surface area contributed by atoms with Gasteiger partial charge in [0.2, 0.25) is 0 Å². The van der Waals surface area contributed by atoms with Crippen molar-refractivity contribution in [2.75, 3.05) is 5.32 Å². The smallest absolute Gasteiger partial charge is 0.315 e. The predicted octanol–water partition coefficient (Wildman–Crippen LogP) is 4.13. The summed E-state index contributed by atoms with van der Waals surface area (Å²) < 4.78 is 18.8. The van der Waals surface area contributed by atoms with Crippen LogP contribution in [0.1, 0.15) is 15.9 Å². The molecule has 3 rings (SSSR count). The van der Waals surface area contributed by atoms with E-state index in [0.717, 1.165) is 0 Å². The number of nitrogens with zero attached hydrogens (tertiary/aromatic N) is 1. The second-order valence-corrected chi connectivity index (χ2v) is 6.03. The van der Waals surface area contributed by atoms with Gasteiger partial charge in [-0.3, -0.25) is 19.7 Å². The molecule has 8 heteroatoms. The number of hydrogen-bond donors (Lipinski definition) is 1. The summed E-state index contributed by atoms with van der Waals surface area (Å²) in [6, 6.07) is 17.3. The fraction of sp³-hybridized carbons (Fsp3) is 0.0476. The molecule has 0 saturated heterocycles. The number of nitro groups is 1. The number of carbonyl (C=O) groups is 2. The summed E-state index contributed by atoms with van der Waals surface area (Å²) in [4.78, 5) is 34.4. The molecule has 0 bridgehead atoms. The summed E-state index contributed by atoms with van der Waals surface area (Å²) in [5.74, 6) is -1.38. The molecule has 0 saturated carbocycles. The summed E-state index contributed by atoms with van der Waals surface area (Å²) >= 11 is 0. The Labute approximate surface area is 164 Å². The third kappa shape index (κ3) is 5.23. The zero-order valence-corrected chi connectivity index (χ0v) is 15.0. The summed E-state index contributed by atoms with van der Waals surface area (Å²) in [7, 11) is 0. The first-order chi connectivity index (χ1) is 13.9. The topological polar surface area (TPSA) is 98.5 Å². The molecule has 0 unspecified atom stereocenters. The van der Waals surface area contributed by atoms with Gasteiger partial charge in [0.25, 0.3) is 11.6 Å². The number of amides is 1. The zero-order chi connectivity index (χ0) is 20.8. The summed E-state index contributed by atoms with van der Waals surface area (Å²) in [6.45, 7) is 0. The Bertz CT molecular complexity index is 1070. The maximum atomic E-state index is 13.6. The van der Waals surface area contributed by atoms with Gasteiger partial charge in [-0.1, -0.05) is 24.3 Å². The van der Waals surface area contributed by atoms with E-state index in [0.29, 0.717) is 5.69 Å². The van der Waals surface area contributed by atoms with Crippen LogP contribution in [0, 0.1) is 15.9 Å². The lowest BCUT2D eigenvalue weighted by Crippen LogP contribution is -2.13.